The molecule has 0 saturated carbocycles. The minimum absolute atomic E-state index is 0.0515. The third kappa shape index (κ3) is 5.29. The summed E-state index contributed by atoms with van der Waals surface area (Å²) in [4.78, 5) is 2.36. The Kier molecular flexibility index (Phi) is 6.59. The van der Waals surface area contributed by atoms with Crippen LogP contribution in [0.2, 0.25) is 0 Å². The molecular weight excluding hydrogens is 318 g/mol. The summed E-state index contributed by atoms with van der Waals surface area (Å²) >= 11 is 0. The van der Waals surface area contributed by atoms with Crippen molar-refractivity contribution < 1.29 is 5.11 Å². The number of nitrogens with zero attached hydrogens (tertiary/aromatic N) is 1. The monoisotopic (exact) mass is 345 g/mol. The molecule has 0 heterocycles. The van der Waals surface area contributed by atoms with Crippen molar-refractivity contribution >= 4 is 0 Å². The van der Waals surface area contributed by atoms with Gasteiger partial charge in [0.25, 0.3) is 0 Å². The molecule has 0 aliphatic carbocycles. The van der Waals surface area contributed by atoms with Crippen LogP contribution in [0.1, 0.15) is 23.6 Å². The molecule has 1 N–H and O–H groups in total. The normalized spacial score (nSPS) is 13.5. The molecule has 0 aliphatic heterocycles. The molecule has 134 valence electrons. The van der Waals surface area contributed by atoms with Gasteiger partial charge in [-0.05, 0) is 30.0 Å². The van der Waals surface area contributed by atoms with Gasteiger partial charge in [-0.15, -0.1) is 0 Å². The molecule has 0 aromatic heterocycles. The summed E-state index contributed by atoms with van der Waals surface area (Å²) in [5, 5.41) is 10.9. The lowest BCUT2D eigenvalue weighted by molar-refractivity contribution is 0.0494. The Labute approximate surface area is 156 Å². The average Bonchev–Trinajstić information content (AvgIpc) is 2.69. The second-order valence-corrected chi connectivity index (χ2v) is 6.87. The van der Waals surface area contributed by atoms with E-state index in [4.69, 9.17) is 0 Å². The summed E-state index contributed by atoms with van der Waals surface area (Å²) in [7, 11) is 0. The largest absolute Gasteiger partial charge is 0.391 e. The molecule has 0 radical (unpaired) electrons. The quantitative estimate of drug-likeness (QED) is 0.641. The molecule has 2 atom stereocenters. The van der Waals surface area contributed by atoms with E-state index in [-0.39, 0.29) is 6.04 Å². The first-order chi connectivity index (χ1) is 12.7. The molecule has 0 amide bonds. The molecule has 0 spiro atoms. The fourth-order valence-electron chi connectivity index (χ4n) is 3.25. The van der Waals surface area contributed by atoms with Gasteiger partial charge in [-0.1, -0.05) is 91.0 Å². The van der Waals surface area contributed by atoms with Crippen molar-refractivity contribution in [2.24, 2.45) is 0 Å². The average molecular weight is 345 g/mol. The Bertz CT molecular complexity index is 716. The van der Waals surface area contributed by atoms with Gasteiger partial charge in [0.1, 0.15) is 0 Å². The number of hydrogen-bond acceptors (Lipinski definition) is 2. The van der Waals surface area contributed by atoms with Crippen LogP contribution in [0.15, 0.2) is 91.0 Å². The number of benzene rings is 3. The molecular formula is C24H27NO. The highest BCUT2D eigenvalue weighted by atomic mass is 16.3. The van der Waals surface area contributed by atoms with Crippen LogP contribution in [0, 0.1) is 0 Å². The van der Waals surface area contributed by atoms with Gasteiger partial charge in [-0.25, -0.2) is 0 Å². The van der Waals surface area contributed by atoms with Crippen molar-refractivity contribution in [1.29, 1.82) is 0 Å². The molecule has 2 nitrogen and oxygen atoms in total. The Balaban J connectivity index is 1.74. The minimum atomic E-state index is -0.412. The van der Waals surface area contributed by atoms with E-state index in [0.717, 1.165) is 13.1 Å². The first-order valence-electron chi connectivity index (χ1n) is 9.26. The summed E-state index contributed by atoms with van der Waals surface area (Å²) in [5.74, 6) is 0. The van der Waals surface area contributed by atoms with Crippen molar-refractivity contribution in [3.8, 4) is 0 Å². The predicted octanol–water partition coefficient (Wildman–Crippen LogP) is 4.68. The van der Waals surface area contributed by atoms with Gasteiger partial charge in [0.15, 0.2) is 0 Å². The van der Waals surface area contributed by atoms with E-state index >= 15 is 0 Å². The molecule has 0 saturated heterocycles. The van der Waals surface area contributed by atoms with Gasteiger partial charge < -0.3 is 5.11 Å². The maximum atomic E-state index is 10.9. The van der Waals surface area contributed by atoms with Gasteiger partial charge in [0.05, 0.1) is 6.10 Å². The first kappa shape index (κ1) is 18.4. The lowest BCUT2D eigenvalue weighted by Gasteiger charge is -2.33. The third-order valence-electron chi connectivity index (χ3n) is 4.88. The lowest BCUT2D eigenvalue weighted by atomic mass is 10.0. The van der Waals surface area contributed by atoms with Crippen LogP contribution in [0.3, 0.4) is 0 Å². The van der Waals surface area contributed by atoms with Crippen molar-refractivity contribution in [3.05, 3.63) is 108 Å². The van der Waals surface area contributed by atoms with Gasteiger partial charge in [0, 0.05) is 19.1 Å². The molecule has 3 aromatic carbocycles. The summed E-state index contributed by atoms with van der Waals surface area (Å²) in [6.07, 6.45) is 0.257. The maximum absolute atomic E-state index is 10.9. The SMILES string of the molecule is C[C@@H]([C@H](O)Cc1ccccc1)N(Cc1ccccc1)Cc1ccccc1. The Morgan fingerprint density at radius 1 is 0.654 bits per heavy atom. The molecule has 2 heteroatoms. The van der Waals surface area contributed by atoms with Gasteiger partial charge in [-0.2, -0.15) is 0 Å². The van der Waals surface area contributed by atoms with Crippen molar-refractivity contribution in [2.75, 3.05) is 0 Å². The van der Waals surface area contributed by atoms with Gasteiger partial charge >= 0.3 is 0 Å². The van der Waals surface area contributed by atoms with Gasteiger partial charge in [-0.3, -0.25) is 4.90 Å². The van der Waals surface area contributed by atoms with E-state index in [1.807, 2.05) is 30.3 Å². The lowest BCUT2D eigenvalue weighted by Crippen LogP contribution is -2.41. The van der Waals surface area contributed by atoms with Crippen LogP contribution in [0.4, 0.5) is 0 Å². The van der Waals surface area contributed by atoms with Crippen molar-refractivity contribution in [1.82, 2.24) is 4.90 Å². The summed E-state index contributed by atoms with van der Waals surface area (Å²) in [6.45, 7) is 3.77. The summed E-state index contributed by atoms with van der Waals surface area (Å²) in [6, 6.07) is 31.2. The van der Waals surface area contributed by atoms with Crippen LogP contribution in [-0.2, 0) is 19.5 Å². The van der Waals surface area contributed by atoms with E-state index < -0.39 is 6.10 Å². The Hall–Kier alpha value is -2.42. The highest BCUT2D eigenvalue weighted by Crippen LogP contribution is 2.17. The zero-order valence-electron chi connectivity index (χ0n) is 15.3. The minimum Gasteiger partial charge on any atom is -0.391 e. The van der Waals surface area contributed by atoms with Crippen LogP contribution in [0.25, 0.3) is 0 Å². The van der Waals surface area contributed by atoms with Crippen LogP contribution >= 0.6 is 0 Å². The smallest absolute Gasteiger partial charge is 0.0733 e. The number of aliphatic hydroxyl groups excluding tert-OH is 1. The van der Waals surface area contributed by atoms with E-state index in [9.17, 15) is 5.11 Å². The topological polar surface area (TPSA) is 23.5 Å². The molecule has 0 aliphatic rings. The predicted molar refractivity (Wildman–Crippen MR) is 108 cm³/mol. The molecule has 0 fully saturated rings. The van der Waals surface area contributed by atoms with Crippen LogP contribution in [-0.4, -0.2) is 22.2 Å². The van der Waals surface area contributed by atoms with Crippen LogP contribution in [0.5, 0.6) is 0 Å². The zero-order valence-corrected chi connectivity index (χ0v) is 15.3. The fourth-order valence-corrected chi connectivity index (χ4v) is 3.25. The Morgan fingerprint density at radius 3 is 1.46 bits per heavy atom. The standard InChI is InChI=1S/C24H27NO/c1-20(24(26)17-21-11-5-2-6-12-21)25(18-22-13-7-3-8-14-22)19-23-15-9-4-10-16-23/h2-16,20,24,26H,17-19H2,1H3/t20-,24+/m0/s1. The first-order valence-corrected chi connectivity index (χ1v) is 9.26. The second kappa shape index (κ2) is 9.33. The zero-order chi connectivity index (χ0) is 18.2. The summed E-state index contributed by atoms with van der Waals surface area (Å²) in [5.41, 5.74) is 3.70. The molecule has 3 aromatic rings. The number of aliphatic hydroxyl groups is 1. The third-order valence-corrected chi connectivity index (χ3v) is 4.88. The molecule has 3 rings (SSSR count). The molecule has 26 heavy (non-hydrogen) atoms. The molecule has 0 unspecified atom stereocenters. The second-order valence-electron chi connectivity index (χ2n) is 6.87. The molecule has 0 bridgehead atoms. The van der Waals surface area contributed by atoms with E-state index in [1.165, 1.54) is 16.7 Å². The van der Waals surface area contributed by atoms with E-state index in [2.05, 4.69) is 72.5 Å². The van der Waals surface area contributed by atoms with Gasteiger partial charge in [0.2, 0.25) is 0 Å². The van der Waals surface area contributed by atoms with E-state index in [1.54, 1.807) is 0 Å². The fraction of sp³-hybridized carbons (Fsp3) is 0.250. The summed E-state index contributed by atoms with van der Waals surface area (Å²) < 4.78 is 0. The highest BCUT2D eigenvalue weighted by molar-refractivity contribution is 5.18. The maximum Gasteiger partial charge on any atom is 0.0733 e. The van der Waals surface area contributed by atoms with Crippen molar-refractivity contribution in [3.63, 3.8) is 0 Å². The number of hydrogen-bond donors (Lipinski definition) is 1. The van der Waals surface area contributed by atoms with Crippen LogP contribution < -0.4 is 0 Å². The van der Waals surface area contributed by atoms with Crippen molar-refractivity contribution in [2.45, 2.75) is 38.6 Å². The highest BCUT2D eigenvalue weighted by Gasteiger charge is 2.22. The van der Waals surface area contributed by atoms with E-state index in [0.29, 0.717) is 6.42 Å². The Morgan fingerprint density at radius 2 is 1.04 bits per heavy atom. The number of rotatable bonds is 8.